The minimum atomic E-state index is -5.08. The fourth-order valence-electron chi connectivity index (χ4n) is 3.88. The predicted octanol–water partition coefficient (Wildman–Crippen LogP) is 4.72. The Hall–Kier alpha value is -3.35. The molecule has 0 saturated carbocycles. The summed E-state index contributed by atoms with van der Waals surface area (Å²) in [5.41, 5.74) is 2.40. The summed E-state index contributed by atoms with van der Waals surface area (Å²) in [7, 11) is -3.84. The van der Waals surface area contributed by atoms with E-state index in [-0.39, 0.29) is 16.1 Å². The van der Waals surface area contributed by atoms with Crippen molar-refractivity contribution in [3.05, 3.63) is 47.2 Å². The highest BCUT2D eigenvalue weighted by Crippen LogP contribution is 2.27. The molecule has 0 fully saturated rings. The minimum absolute atomic E-state index is 0.0115. The molecule has 0 bridgehead atoms. The molecule has 1 aromatic carbocycles. The first-order valence-electron chi connectivity index (χ1n) is 11.7. The molecular weight excluding hydrogens is 515 g/mol. The number of carbonyl (C=O) groups is 2. The van der Waals surface area contributed by atoms with Crippen LogP contribution in [0.5, 0.6) is 0 Å². The molecule has 3 rings (SSSR count). The number of anilines is 2. The molecular formula is C24H30F3N3O6S. The average Bonchev–Trinajstić information content (AvgIpc) is 2.83. The van der Waals surface area contributed by atoms with Gasteiger partial charge in [-0.05, 0) is 67.9 Å². The van der Waals surface area contributed by atoms with Crippen LogP contribution in [0, 0.1) is 0 Å². The number of rotatable bonds is 9. The standard InChI is InChI=1S/C22H29N3O4S.C2HF3O2/c1-3-11-25(12-4-2)21-20(22(26)27)14-18(15-23-21)24-30(28,29)19-10-9-16-7-5-6-8-17(16)13-19;3-2(4,5)1(6)7/h9-10,13-15,24H,3-8,11-12H2,1-2H3,(H,26,27);(H,6,7). The van der Waals surface area contributed by atoms with Crippen molar-refractivity contribution in [1.29, 1.82) is 0 Å². The lowest BCUT2D eigenvalue weighted by Crippen LogP contribution is -2.28. The van der Waals surface area contributed by atoms with E-state index in [9.17, 15) is 31.5 Å². The molecule has 0 radical (unpaired) electrons. The first-order valence-corrected chi connectivity index (χ1v) is 13.2. The number of benzene rings is 1. The zero-order valence-electron chi connectivity index (χ0n) is 20.5. The molecule has 1 aliphatic carbocycles. The van der Waals surface area contributed by atoms with Crippen LogP contribution in [0.3, 0.4) is 0 Å². The molecule has 0 spiro atoms. The molecule has 0 aliphatic heterocycles. The number of nitrogens with zero attached hydrogens (tertiary/aromatic N) is 2. The summed E-state index contributed by atoms with van der Waals surface area (Å²) in [6.07, 6.45) is 2.05. The summed E-state index contributed by atoms with van der Waals surface area (Å²) in [6.45, 7) is 5.40. The van der Waals surface area contributed by atoms with E-state index in [1.807, 2.05) is 24.8 Å². The summed E-state index contributed by atoms with van der Waals surface area (Å²) < 4.78 is 60.0. The minimum Gasteiger partial charge on any atom is -0.478 e. The first kappa shape index (κ1) is 29.9. The Labute approximate surface area is 213 Å². The van der Waals surface area contributed by atoms with E-state index in [1.54, 1.807) is 12.1 Å². The van der Waals surface area contributed by atoms with E-state index in [0.717, 1.165) is 44.1 Å². The molecule has 9 nitrogen and oxygen atoms in total. The van der Waals surface area contributed by atoms with Gasteiger partial charge in [-0.25, -0.2) is 23.0 Å². The fraction of sp³-hybridized carbons (Fsp3) is 0.458. The third kappa shape index (κ3) is 8.34. The van der Waals surface area contributed by atoms with E-state index >= 15 is 0 Å². The number of carboxylic acids is 2. The van der Waals surface area contributed by atoms with Crippen LogP contribution in [0.2, 0.25) is 0 Å². The molecule has 1 aromatic heterocycles. The van der Waals surface area contributed by atoms with Crippen molar-refractivity contribution in [2.45, 2.75) is 63.4 Å². The lowest BCUT2D eigenvalue weighted by atomic mass is 9.92. The summed E-state index contributed by atoms with van der Waals surface area (Å²) in [5.74, 6) is -3.53. The predicted molar refractivity (Wildman–Crippen MR) is 132 cm³/mol. The quantitative estimate of drug-likeness (QED) is 0.412. The van der Waals surface area contributed by atoms with Gasteiger partial charge in [0.25, 0.3) is 10.0 Å². The molecule has 3 N–H and O–H groups in total. The molecule has 0 amide bonds. The number of halogens is 3. The van der Waals surface area contributed by atoms with Gasteiger partial charge in [0, 0.05) is 13.1 Å². The highest BCUT2D eigenvalue weighted by Gasteiger charge is 2.38. The van der Waals surface area contributed by atoms with E-state index in [1.165, 1.54) is 17.8 Å². The highest BCUT2D eigenvalue weighted by molar-refractivity contribution is 7.92. The summed E-state index contributed by atoms with van der Waals surface area (Å²) in [4.78, 5) is 27.1. The van der Waals surface area contributed by atoms with Gasteiger partial charge in [-0.1, -0.05) is 19.9 Å². The van der Waals surface area contributed by atoms with Crippen LogP contribution in [0.4, 0.5) is 24.7 Å². The van der Waals surface area contributed by atoms with Gasteiger partial charge < -0.3 is 15.1 Å². The van der Waals surface area contributed by atoms with Crippen LogP contribution < -0.4 is 9.62 Å². The topological polar surface area (TPSA) is 137 Å². The zero-order chi connectivity index (χ0) is 27.8. The molecule has 204 valence electrons. The van der Waals surface area contributed by atoms with Gasteiger partial charge in [-0.15, -0.1) is 0 Å². The van der Waals surface area contributed by atoms with E-state index in [4.69, 9.17) is 9.90 Å². The molecule has 0 saturated heterocycles. The number of pyridine rings is 1. The monoisotopic (exact) mass is 545 g/mol. The second-order valence-electron chi connectivity index (χ2n) is 8.43. The van der Waals surface area contributed by atoms with Crippen molar-refractivity contribution >= 4 is 33.5 Å². The number of carboxylic acid groups (broad SMARTS) is 2. The van der Waals surface area contributed by atoms with Gasteiger partial charge in [0.2, 0.25) is 0 Å². The van der Waals surface area contributed by atoms with Crippen LogP contribution in [0.1, 0.15) is 61.0 Å². The second kappa shape index (κ2) is 12.7. The average molecular weight is 546 g/mol. The van der Waals surface area contributed by atoms with Crippen molar-refractivity contribution in [1.82, 2.24) is 4.98 Å². The van der Waals surface area contributed by atoms with Crippen molar-refractivity contribution in [3.63, 3.8) is 0 Å². The van der Waals surface area contributed by atoms with Gasteiger partial charge >= 0.3 is 18.1 Å². The lowest BCUT2D eigenvalue weighted by molar-refractivity contribution is -0.192. The largest absolute Gasteiger partial charge is 0.490 e. The van der Waals surface area contributed by atoms with Crippen LogP contribution in [0.15, 0.2) is 35.4 Å². The number of hydrogen-bond donors (Lipinski definition) is 3. The summed E-state index contributed by atoms with van der Waals surface area (Å²) >= 11 is 0. The number of aromatic nitrogens is 1. The van der Waals surface area contributed by atoms with Crippen molar-refractivity contribution in [2.24, 2.45) is 0 Å². The molecule has 13 heteroatoms. The third-order valence-corrected chi connectivity index (χ3v) is 6.89. The van der Waals surface area contributed by atoms with Crippen molar-refractivity contribution in [2.75, 3.05) is 22.7 Å². The summed E-state index contributed by atoms with van der Waals surface area (Å²) in [5, 5.41) is 16.8. The molecule has 37 heavy (non-hydrogen) atoms. The SMILES string of the molecule is CCCN(CCC)c1ncc(NS(=O)(=O)c2ccc3c(c2)CCCC3)cc1C(=O)O.O=C(O)C(F)(F)F. The molecule has 1 heterocycles. The van der Waals surface area contributed by atoms with Gasteiger partial charge in [0.05, 0.1) is 16.8 Å². The van der Waals surface area contributed by atoms with Gasteiger partial charge in [0.1, 0.15) is 11.4 Å². The first-order chi connectivity index (χ1) is 17.3. The number of hydrogen-bond acceptors (Lipinski definition) is 6. The van der Waals surface area contributed by atoms with Crippen LogP contribution in [-0.4, -0.2) is 54.8 Å². The van der Waals surface area contributed by atoms with Crippen molar-refractivity contribution < 1.29 is 41.4 Å². The van der Waals surface area contributed by atoms with Gasteiger partial charge in [0.15, 0.2) is 0 Å². The Balaban J connectivity index is 0.000000604. The number of aliphatic carboxylic acids is 1. The fourth-order valence-corrected chi connectivity index (χ4v) is 4.96. The Kier molecular flexibility index (Phi) is 10.3. The van der Waals surface area contributed by atoms with Gasteiger partial charge in [-0.2, -0.15) is 13.2 Å². The van der Waals surface area contributed by atoms with E-state index in [0.29, 0.717) is 18.9 Å². The van der Waals surface area contributed by atoms with E-state index in [2.05, 4.69) is 9.71 Å². The van der Waals surface area contributed by atoms with Crippen LogP contribution >= 0.6 is 0 Å². The van der Waals surface area contributed by atoms with Gasteiger partial charge in [-0.3, -0.25) is 4.72 Å². The maximum atomic E-state index is 12.9. The number of alkyl halides is 3. The normalized spacial score (nSPS) is 13.1. The number of nitrogens with one attached hydrogen (secondary N) is 1. The Morgan fingerprint density at radius 3 is 2.11 bits per heavy atom. The Bertz CT molecular complexity index is 1210. The lowest BCUT2D eigenvalue weighted by Gasteiger charge is -2.24. The number of aryl methyl sites for hydroxylation is 2. The smallest absolute Gasteiger partial charge is 0.478 e. The maximum absolute atomic E-state index is 12.9. The number of fused-ring (bicyclic) bond motifs is 1. The Morgan fingerprint density at radius 1 is 1.03 bits per heavy atom. The van der Waals surface area contributed by atoms with E-state index < -0.39 is 28.1 Å². The molecule has 0 atom stereocenters. The second-order valence-corrected chi connectivity index (χ2v) is 10.1. The van der Waals surface area contributed by atoms with Crippen molar-refractivity contribution in [3.8, 4) is 0 Å². The van der Waals surface area contributed by atoms with Crippen LogP contribution in [-0.2, 0) is 27.7 Å². The van der Waals surface area contributed by atoms with Crippen LogP contribution in [0.25, 0.3) is 0 Å². The highest BCUT2D eigenvalue weighted by atomic mass is 32.2. The number of sulfonamides is 1. The molecule has 0 unspecified atom stereocenters. The Morgan fingerprint density at radius 2 is 1.59 bits per heavy atom. The number of aromatic carboxylic acids is 1. The molecule has 2 aromatic rings. The summed E-state index contributed by atoms with van der Waals surface area (Å²) in [6, 6.07) is 6.55. The third-order valence-electron chi connectivity index (χ3n) is 5.51. The zero-order valence-corrected chi connectivity index (χ0v) is 21.3. The maximum Gasteiger partial charge on any atom is 0.490 e. The molecule has 1 aliphatic rings.